The molecule has 27 heavy (non-hydrogen) atoms. The molecule has 1 aliphatic heterocycles. The Kier molecular flexibility index (Phi) is 9.64. The highest BCUT2D eigenvalue weighted by molar-refractivity contribution is 5.72. The molecule has 0 aromatic rings. The molecule has 0 amide bonds. The first-order chi connectivity index (χ1) is 12.6. The van der Waals surface area contributed by atoms with Crippen LogP contribution in [0.5, 0.6) is 0 Å². The predicted octanol–water partition coefficient (Wildman–Crippen LogP) is -0.985. The van der Waals surface area contributed by atoms with Gasteiger partial charge in [0.2, 0.25) is 0 Å². The summed E-state index contributed by atoms with van der Waals surface area (Å²) in [5, 5.41) is 28.4. The van der Waals surface area contributed by atoms with Crippen LogP contribution in [0, 0.1) is 17.8 Å². The number of carboxylic acids is 3. The first-order valence-corrected chi connectivity index (χ1v) is 9.31. The van der Waals surface area contributed by atoms with E-state index >= 15 is 0 Å². The van der Waals surface area contributed by atoms with Crippen molar-refractivity contribution in [2.24, 2.45) is 35.0 Å². The van der Waals surface area contributed by atoms with E-state index in [0.29, 0.717) is 13.1 Å². The molecule has 0 spiro atoms. The number of nitrogens with one attached hydrogen (secondary N) is 1. The molecular weight excluding hydrogens is 356 g/mol. The molecule has 0 aromatic heterocycles. The lowest BCUT2D eigenvalue weighted by Gasteiger charge is -2.07. The Morgan fingerprint density at radius 2 is 1.04 bits per heavy atom. The molecule has 10 nitrogen and oxygen atoms in total. The molecule has 0 aromatic carbocycles. The van der Waals surface area contributed by atoms with E-state index in [2.05, 4.69) is 5.32 Å². The van der Waals surface area contributed by atoms with Crippen LogP contribution in [-0.4, -0.2) is 64.4 Å². The maximum Gasteiger partial charge on any atom is 0.309 e. The summed E-state index contributed by atoms with van der Waals surface area (Å²) in [6, 6.07) is -0.396. The molecule has 6 atom stereocenters. The highest BCUT2D eigenvalue weighted by Gasteiger charge is 2.30. The quantitative estimate of drug-likeness (QED) is 0.314. The van der Waals surface area contributed by atoms with Crippen LogP contribution >= 0.6 is 0 Å². The molecule has 0 unspecified atom stereocenters. The van der Waals surface area contributed by atoms with Gasteiger partial charge in [-0.25, -0.2) is 0 Å². The molecule has 0 radical (unpaired) electrons. The molecule has 156 valence electrons. The zero-order valence-electron chi connectivity index (χ0n) is 15.4. The fourth-order valence-corrected chi connectivity index (χ4v) is 3.56. The van der Waals surface area contributed by atoms with Crippen LogP contribution in [-0.2, 0) is 14.4 Å². The van der Waals surface area contributed by atoms with Gasteiger partial charge in [-0.05, 0) is 25.7 Å². The topological polar surface area (TPSA) is 202 Å². The second kappa shape index (κ2) is 11.2. The summed E-state index contributed by atoms with van der Waals surface area (Å²) in [5.41, 5.74) is 16.4. The molecule has 1 heterocycles. The van der Waals surface area contributed by atoms with Gasteiger partial charge in [-0.1, -0.05) is 12.8 Å². The van der Waals surface area contributed by atoms with Crippen LogP contribution in [0.25, 0.3) is 0 Å². The maximum atomic E-state index is 10.3. The van der Waals surface area contributed by atoms with Gasteiger partial charge < -0.3 is 37.8 Å². The molecule has 1 saturated heterocycles. The fraction of sp³-hybridized carbons (Fsp3) is 0.824. The Morgan fingerprint density at radius 3 is 1.19 bits per heavy atom. The first-order valence-electron chi connectivity index (χ1n) is 9.31. The van der Waals surface area contributed by atoms with Gasteiger partial charge in [0.1, 0.15) is 0 Å². The van der Waals surface area contributed by atoms with Crippen molar-refractivity contribution in [1.29, 1.82) is 0 Å². The lowest BCUT2D eigenvalue weighted by molar-refractivity contribution is -0.142. The number of nitrogens with two attached hydrogens (primary N) is 3. The average molecular weight is 388 g/mol. The third kappa shape index (κ3) is 7.41. The van der Waals surface area contributed by atoms with E-state index in [-0.39, 0.29) is 35.9 Å². The van der Waals surface area contributed by atoms with Gasteiger partial charge >= 0.3 is 17.9 Å². The van der Waals surface area contributed by atoms with Gasteiger partial charge in [0, 0.05) is 31.2 Å². The highest BCUT2D eigenvalue weighted by Crippen LogP contribution is 2.24. The van der Waals surface area contributed by atoms with Crippen LogP contribution in [0.15, 0.2) is 0 Å². The number of aliphatic carboxylic acids is 3. The molecule has 3 rings (SSSR count). The van der Waals surface area contributed by atoms with E-state index in [1.165, 1.54) is 0 Å². The summed E-state index contributed by atoms with van der Waals surface area (Å²) in [6.45, 7) is 1.13. The van der Waals surface area contributed by atoms with Crippen LogP contribution in [0.4, 0.5) is 0 Å². The lowest BCUT2D eigenvalue weighted by Crippen LogP contribution is -2.33. The van der Waals surface area contributed by atoms with Gasteiger partial charge in [-0.15, -0.1) is 0 Å². The Hall–Kier alpha value is -1.75. The van der Waals surface area contributed by atoms with Gasteiger partial charge in [-0.3, -0.25) is 14.4 Å². The van der Waals surface area contributed by atoms with E-state index in [9.17, 15) is 14.4 Å². The van der Waals surface area contributed by atoms with Gasteiger partial charge in [0.15, 0.2) is 0 Å². The monoisotopic (exact) mass is 388 g/mol. The molecule has 3 aliphatic rings. The second-order valence-electron chi connectivity index (χ2n) is 7.35. The van der Waals surface area contributed by atoms with Crippen molar-refractivity contribution in [2.75, 3.05) is 13.1 Å². The zero-order chi connectivity index (χ0) is 20.6. The summed E-state index contributed by atoms with van der Waals surface area (Å²) in [5.74, 6) is -3.20. The smallest absolute Gasteiger partial charge is 0.309 e. The molecule has 0 bridgehead atoms. The normalized spacial score (nSPS) is 34.8. The van der Waals surface area contributed by atoms with E-state index in [1.807, 2.05) is 0 Å². The Morgan fingerprint density at radius 1 is 0.630 bits per heavy atom. The third-order valence-corrected chi connectivity index (χ3v) is 5.35. The van der Waals surface area contributed by atoms with Crippen LogP contribution in [0.3, 0.4) is 0 Å². The third-order valence-electron chi connectivity index (χ3n) is 5.35. The van der Waals surface area contributed by atoms with Gasteiger partial charge in [-0.2, -0.15) is 0 Å². The summed E-state index contributed by atoms with van der Waals surface area (Å²) in [6.07, 6.45) is 5.21. The van der Waals surface area contributed by atoms with Crippen molar-refractivity contribution in [3.63, 3.8) is 0 Å². The lowest BCUT2D eigenvalue weighted by atomic mass is 10.1. The summed E-state index contributed by atoms with van der Waals surface area (Å²) >= 11 is 0. The van der Waals surface area contributed by atoms with E-state index < -0.39 is 17.9 Å². The minimum absolute atomic E-state index is 0.0949. The van der Waals surface area contributed by atoms with Crippen molar-refractivity contribution in [2.45, 2.75) is 56.7 Å². The minimum Gasteiger partial charge on any atom is -0.481 e. The van der Waals surface area contributed by atoms with Crippen molar-refractivity contribution < 1.29 is 29.7 Å². The second-order valence-corrected chi connectivity index (χ2v) is 7.35. The summed E-state index contributed by atoms with van der Waals surface area (Å²) < 4.78 is 0. The molecular formula is C17H32N4O6. The van der Waals surface area contributed by atoms with Crippen molar-refractivity contribution in [3.8, 4) is 0 Å². The SMILES string of the molecule is N[C@@H]1CCC[C@H]1C(=O)O.N[C@@H]1CNC[C@H]1C(=O)O.N[C@H]1CCC[C@H]1C(=O)O. The van der Waals surface area contributed by atoms with Gasteiger partial charge in [0.05, 0.1) is 17.8 Å². The number of hydrogen-bond donors (Lipinski definition) is 7. The van der Waals surface area contributed by atoms with Crippen LogP contribution in [0.1, 0.15) is 38.5 Å². The summed E-state index contributed by atoms with van der Waals surface area (Å²) in [4.78, 5) is 31.0. The maximum absolute atomic E-state index is 10.3. The number of rotatable bonds is 3. The molecule has 10 heteroatoms. The van der Waals surface area contributed by atoms with Crippen molar-refractivity contribution in [1.82, 2.24) is 5.32 Å². The largest absolute Gasteiger partial charge is 0.481 e. The molecule has 2 saturated carbocycles. The number of carboxylic acid groups (broad SMARTS) is 3. The number of carbonyl (C=O) groups is 3. The predicted molar refractivity (Wildman–Crippen MR) is 97.9 cm³/mol. The van der Waals surface area contributed by atoms with E-state index in [0.717, 1.165) is 38.5 Å². The Balaban J connectivity index is 0.000000202. The highest BCUT2D eigenvalue weighted by atomic mass is 16.4. The Bertz CT molecular complexity index is 446. The zero-order valence-corrected chi connectivity index (χ0v) is 15.4. The van der Waals surface area contributed by atoms with Crippen molar-refractivity contribution in [3.05, 3.63) is 0 Å². The summed E-state index contributed by atoms with van der Waals surface area (Å²) in [7, 11) is 0. The molecule has 2 aliphatic carbocycles. The standard InChI is InChI=1S/2C6H11NO2.C5H10N2O2/c2*7-5-3-1-2-4(5)6(8)9;6-4-2-7-1-3(4)5(8)9/h2*4-5H,1-3,7H2,(H,8,9);3-4,7H,1-2,6H2,(H,8,9)/t4-,5+;4-,5-;3-,4-/m111/s1. The minimum atomic E-state index is -0.799. The molecule has 10 N–H and O–H groups in total. The number of hydrogen-bond acceptors (Lipinski definition) is 7. The molecule has 3 fully saturated rings. The van der Waals surface area contributed by atoms with E-state index in [1.54, 1.807) is 0 Å². The van der Waals surface area contributed by atoms with E-state index in [4.69, 9.17) is 32.5 Å². The van der Waals surface area contributed by atoms with Gasteiger partial charge in [0.25, 0.3) is 0 Å². The fourth-order valence-electron chi connectivity index (χ4n) is 3.56. The first kappa shape index (κ1) is 23.3. The van der Waals surface area contributed by atoms with Crippen LogP contribution < -0.4 is 22.5 Å². The Labute approximate surface area is 158 Å². The van der Waals surface area contributed by atoms with Crippen molar-refractivity contribution >= 4 is 17.9 Å². The average Bonchev–Trinajstić information content (AvgIpc) is 3.29. The van der Waals surface area contributed by atoms with Crippen LogP contribution in [0.2, 0.25) is 0 Å².